The molecule has 0 atom stereocenters. The molecule has 1 N–H and O–H groups in total. The van der Waals surface area contributed by atoms with Crippen molar-refractivity contribution < 1.29 is 4.79 Å². The number of rotatable bonds is 0. The van der Waals surface area contributed by atoms with Crippen molar-refractivity contribution in [2.24, 2.45) is 0 Å². The smallest absolute Gasteiger partial charge is 0.241 e. The molecule has 2 nitrogen and oxygen atoms in total. The number of hydrogen-bond donors (Lipinski definition) is 1. The van der Waals surface area contributed by atoms with Crippen LogP contribution in [0.5, 0.6) is 0 Å². The SMILES string of the molecule is O=C1Nc2cc(Br)ccc2SC12CCCCC2. The number of hydrogen-bond acceptors (Lipinski definition) is 2. The molecule has 17 heavy (non-hydrogen) atoms. The van der Waals surface area contributed by atoms with Crippen molar-refractivity contribution in [1.29, 1.82) is 0 Å². The molecule has 1 spiro atoms. The van der Waals surface area contributed by atoms with Gasteiger partial charge < -0.3 is 5.32 Å². The average Bonchev–Trinajstić information content (AvgIpc) is 2.33. The van der Waals surface area contributed by atoms with E-state index in [0.29, 0.717) is 0 Å². The van der Waals surface area contributed by atoms with Crippen LogP contribution in [0.1, 0.15) is 32.1 Å². The van der Waals surface area contributed by atoms with E-state index in [0.717, 1.165) is 23.0 Å². The molecule has 1 amide bonds. The number of anilines is 1. The molecule has 1 saturated carbocycles. The summed E-state index contributed by atoms with van der Waals surface area (Å²) in [6.45, 7) is 0. The van der Waals surface area contributed by atoms with Crippen LogP contribution in [0.4, 0.5) is 5.69 Å². The van der Waals surface area contributed by atoms with Crippen LogP contribution < -0.4 is 5.32 Å². The van der Waals surface area contributed by atoms with Gasteiger partial charge in [0.1, 0.15) is 0 Å². The van der Waals surface area contributed by atoms with Crippen LogP contribution in [0.2, 0.25) is 0 Å². The van der Waals surface area contributed by atoms with Gasteiger partial charge in [-0.1, -0.05) is 35.2 Å². The molecule has 3 rings (SSSR count). The Morgan fingerprint density at radius 3 is 2.76 bits per heavy atom. The predicted molar refractivity (Wildman–Crippen MR) is 74.4 cm³/mol. The van der Waals surface area contributed by atoms with Crippen LogP contribution >= 0.6 is 27.7 Å². The Bertz CT molecular complexity index is 468. The molecule has 0 unspecified atom stereocenters. The lowest BCUT2D eigenvalue weighted by Gasteiger charge is -2.38. The topological polar surface area (TPSA) is 29.1 Å². The van der Waals surface area contributed by atoms with E-state index in [1.165, 1.54) is 24.2 Å². The van der Waals surface area contributed by atoms with E-state index in [-0.39, 0.29) is 10.7 Å². The second-order valence-electron chi connectivity index (χ2n) is 4.75. The third-order valence-corrected chi connectivity index (χ3v) is 5.62. The Hall–Kier alpha value is -0.480. The van der Waals surface area contributed by atoms with Gasteiger partial charge in [-0.15, -0.1) is 11.8 Å². The summed E-state index contributed by atoms with van der Waals surface area (Å²) in [5.74, 6) is 0.202. The Kier molecular flexibility index (Phi) is 2.95. The van der Waals surface area contributed by atoms with Crippen LogP contribution in [0.3, 0.4) is 0 Å². The van der Waals surface area contributed by atoms with E-state index in [1.807, 2.05) is 12.1 Å². The molecule has 0 bridgehead atoms. The van der Waals surface area contributed by atoms with E-state index < -0.39 is 0 Å². The Balaban J connectivity index is 1.97. The first-order valence-electron chi connectivity index (χ1n) is 6.00. The number of nitrogens with one attached hydrogen (secondary N) is 1. The molecule has 1 aliphatic heterocycles. The zero-order valence-corrected chi connectivity index (χ0v) is 11.9. The van der Waals surface area contributed by atoms with Crippen LogP contribution in [-0.4, -0.2) is 10.7 Å². The van der Waals surface area contributed by atoms with Gasteiger partial charge in [0.2, 0.25) is 5.91 Å². The van der Waals surface area contributed by atoms with Gasteiger partial charge in [-0.3, -0.25) is 4.79 Å². The first kappa shape index (κ1) is 11.6. The van der Waals surface area contributed by atoms with Gasteiger partial charge >= 0.3 is 0 Å². The van der Waals surface area contributed by atoms with Gasteiger partial charge in [0, 0.05) is 9.37 Å². The average molecular weight is 312 g/mol. The fourth-order valence-corrected chi connectivity index (χ4v) is 4.41. The van der Waals surface area contributed by atoms with E-state index >= 15 is 0 Å². The molecular weight excluding hydrogens is 298 g/mol. The molecular formula is C13H14BrNOS. The summed E-state index contributed by atoms with van der Waals surface area (Å²) in [4.78, 5) is 13.5. The van der Waals surface area contributed by atoms with Gasteiger partial charge in [0.25, 0.3) is 0 Å². The molecule has 1 heterocycles. The second kappa shape index (κ2) is 4.32. The summed E-state index contributed by atoms with van der Waals surface area (Å²) < 4.78 is 0.816. The number of carbonyl (C=O) groups is 1. The lowest BCUT2D eigenvalue weighted by atomic mass is 9.87. The standard InChI is InChI=1S/C13H14BrNOS/c14-9-4-5-11-10(8-9)15-12(16)13(17-11)6-2-1-3-7-13/h4-5,8H,1-3,6-7H2,(H,15,16). The third-order valence-electron chi connectivity index (χ3n) is 3.57. The molecule has 1 aromatic carbocycles. The summed E-state index contributed by atoms with van der Waals surface area (Å²) >= 11 is 5.20. The maximum atomic E-state index is 12.3. The van der Waals surface area contributed by atoms with Crippen LogP contribution in [0, 0.1) is 0 Å². The number of amides is 1. The summed E-state index contributed by atoms with van der Waals surface area (Å²) in [5, 5.41) is 3.07. The molecule has 1 aromatic rings. The van der Waals surface area contributed by atoms with Crippen molar-refractivity contribution in [3.8, 4) is 0 Å². The minimum Gasteiger partial charge on any atom is -0.324 e. The monoisotopic (exact) mass is 311 g/mol. The fraction of sp³-hybridized carbons (Fsp3) is 0.462. The Morgan fingerprint density at radius 1 is 1.24 bits per heavy atom. The molecule has 1 aliphatic carbocycles. The lowest BCUT2D eigenvalue weighted by Crippen LogP contribution is -2.43. The molecule has 90 valence electrons. The number of thioether (sulfide) groups is 1. The lowest BCUT2D eigenvalue weighted by molar-refractivity contribution is -0.119. The van der Waals surface area contributed by atoms with Gasteiger partial charge in [0.05, 0.1) is 10.4 Å². The largest absolute Gasteiger partial charge is 0.324 e. The summed E-state index contributed by atoms with van der Waals surface area (Å²) in [6.07, 6.45) is 5.64. The zero-order valence-electron chi connectivity index (χ0n) is 9.46. The normalized spacial score (nSPS) is 22.1. The van der Waals surface area contributed by atoms with E-state index in [4.69, 9.17) is 0 Å². The highest BCUT2D eigenvalue weighted by molar-refractivity contribution is 9.10. The molecule has 2 aliphatic rings. The van der Waals surface area contributed by atoms with Crippen molar-refractivity contribution in [3.63, 3.8) is 0 Å². The van der Waals surface area contributed by atoms with Crippen molar-refractivity contribution >= 4 is 39.3 Å². The summed E-state index contributed by atoms with van der Waals surface area (Å²) in [7, 11) is 0. The minimum absolute atomic E-state index is 0.195. The Morgan fingerprint density at radius 2 is 2.00 bits per heavy atom. The molecule has 0 saturated heterocycles. The van der Waals surface area contributed by atoms with E-state index in [1.54, 1.807) is 11.8 Å². The number of halogens is 1. The van der Waals surface area contributed by atoms with Gasteiger partial charge in [-0.2, -0.15) is 0 Å². The first-order chi connectivity index (χ1) is 8.20. The molecule has 0 radical (unpaired) electrons. The van der Waals surface area contributed by atoms with E-state index in [2.05, 4.69) is 27.3 Å². The summed E-state index contributed by atoms with van der Waals surface area (Å²) in [5.41, 5.74) is 0.950. The van der Waals surface area contributed by atoms with Gasteiger partial charge in [0.15, 0.2) is 0 Å². The van der Waals surface area contributed by atoms with Crippen LogP contribution in [0.25, 0.3) is 0 Å². The van der Waals surface area contributed by atoms with Crippen LogP contribution in [-0.2, 0) is 4.79 Å². The van der Waals surface area contributed by atoms with Crippen molar-refractivity contribution in [2.75, 3.05) is 5.32 Å². The van der Waals surface area contributed by atoms with E-state index in [9.17, 15) is 4.79 Å². The zero-order chi connectivity index (χ0) is 11.9. The van der Waals surface area contributed by atoms with Gasteiger partial charge in [-0.25, -0.2) is 0 Å². The highest BCUT2D eigenvalue weighted by Crippen LogP contribution is 2.50. The third kappa shape index (κ3) is 2.02. The Labute approximate surface area is 114 Å². The first-order valence-corrected chi connectivity index (χ1v) is 7.61. The molecule has 4 heteroatoms. The number of fused-ring (bicyclic) bond motifs is 1. The second-order valence-corrected chi connectivity index (χ2v) is 7.09. The quantitative estimate of drug-likeness (QED) is 0.778. The highest BCUT2D eigenvalue weighted by atomic mass is 79.9. The maximum absolute atomic E-state index is 12.3. The number of benzene rings is 1. The summed E-state index contributed by atoms with van der Waals surface area (Å²) in [6, 6.07) is 6.12. The highest BCUT2D eigenvalue weighted by Gasteiger charge is 2.43. The van der Waals surface area contributed by atoms with Crippen molar-refractivity contribution in [1.82, 2.24) is 0 Å². The van der Waals surface area contributed by atoms with Gasteiger partial charge in [-0.05, 0) is 31.0 Å². The minimum atomic E-state index is -0.195. The van der Waals surface area contributed by atoms with Crippen molar-refractivity contribution in [3.05, 3.63) is 22.7 Å². The van der Waals surface area contributed by atoms with Crippen molar-refractivity contribution in [2.45, 2.75) is 41.7 Å². The van der Waals surface area contributed by atoms with Crippen LogP contribution in [0.15, 0.2) is 27.6 Å². The number of carbonyl (C=O) groups excluding carboxylic acids is 1. The fourth-order valence-electron chi connectivity index (χ4n) is 2.63. The predicted octanol–water partition coefficient (Wildman–Crippen LogP) is 4.20. The molecule has 1 fully saturated rings. The molecule has 0 aromatic heterocycles. The maximum Gasteiger partial charge on any atom is 0.241 e.